The van der Waals surface area contributed by atoms with Crippen LogP contribution in [0.2, 0.25) is 0 Å². The average Bonchev–Trinajstić information content (AvgIpc) is 3.27. The number of carboxylic acids is 1. The van der Waals surface area contributed by atoms with Gasteiger partial charge in [0, 0.05) is 29.4 Å². The number of aliphatic carboxylic acids is 1. The van der Waals surface area contributed by atoms with Crippen molar-refractivity contribution in [2.75, 3.05) is 5.75 Å². The number of para-hydroxylation sites is 1. The second-order valence-corrected chi connectivity index (χ2v) is 7.41. The largest absolute Gasteiger partial charge is 0.480 e. The Bertz CT molecular complexity index is 949. The van der Waals surface area contributed by atoms with Crippen LogP contribution < -0.4 is 5.32 Å². The summed E-state index contributed by atoms with van der Waals surface area (Å²) < 4.78 is 0. The summed E-state index contributed by atoms with van der Waals surface area (Å²) in [5.41, 5.74) is 1.78. The third-order valence-corrected chi connectivity index (χ3v) is 4.94. The van der Waals surface area contributed by atoms with Crippen molar-refractivity contribution in [2.24, 2.45) is 0 Å². The molecule has 0 aliphatic carbocycles. The molecule has 1 amide bonds. The summed E-state index contributed by atoms with van der Waals surface area (Å²) in [6, 6.07) is 6.65. The number of carbonyl (C=O) groups excluding carboxylic acids is 1. The van der Waals surface area contributed by atoms with Crippen LogP contribution in [0, 0.1) is 0 Å². The Kier molecular flexibility index (Phi) is 5.80. The lowest BCUT2D eigenvalue weighted by molar-refractivity contribution is -0.141. The zero-order valence-corrected chi connectivity index (χ0v) is 15.8. The topological polar surface area (TPSA) is 124 Å². The van der Waals surface area contributed by atoms with Crippen LogP contribution in [0.25, 0.3) is 10.9 Å². The number of benzene rings is 1. The number of hydrogen-bond donors (Lipinski definition) is 4. The van der Waals surface area contributed by atoms with Crippen molar-refractivity contribution < 1.29 is 14.7 Å². The Morgan fingerprint density at radius 3 is 2.78 bits per heavy atom. The van der Waals surface area contributed by atoms with Gasteiger partial charge < -0.3 is 15.4 Å². The number of carbonyl (C=O) groups is 2. The maximum absolute atomic E-state index is 12.2. The molecule has 0 saturated carbocycles. The summed E-state index contributed by atoms with van der Waals surface area (Å²) in [6.07, 6.45) is 1.98. The number of thioether (sulfide) groups is 1. The summed E-state index contributed by atoms with van der Waals surface area (Å²) in [4.78, 5) is 31.2. The van der Waals surface area contributed by atoms with Gasteiger partial charge in [0.1, 0.15) is 11.9 Å². The molecule has 27 heavy (non-hydrogen) atoms. The molecule has 4 N–H and O–H groups in total. The summed E-state index contributed by atoms with van der Waals surface area (Å²) in [6.45, 7) is 3.98. The molecule has 0 fully saturated rings. The minimum Gasteiger partial charge on any atom is -0.480 e. The highest BCUT2D eigenvalue weighted by atomic mass is 32.2. The fourth-order valence-electron chi connectivity index (χ4n) is 2.67. The number of amides is 1. The van der Waals surface area contributed by atoms with Gasteiger partial charge in [-0.15, -0.1) is 5.10 Å². The van der Waals surface area contributed by atoms with E-state index >= 15 is 0 Å². The van der Waals surface area contributed by atoms with E-state index in [2.05, 4.69) is 25.5 Å². The van der Waals surface area contributed by atoms with E-state index in [1.54, 1.807) is 6.20 Å². The van der Waals surface area contributed by atoms with Crippen molar-refractivity contribution in [2.45, 2.75) is 37.4 Å². The molecule has 3 aromatic rings. The van der Waals surface area contributed by atoms with Gasteiger partial charge in [-0.1, -0.05) is 43.8 Å². The van der Waals surface area contributed by atoms with Crippen molar-refractivity contribution >= 4 is 34.5 Å². The normalized spacial score (nSPS) is 12.4. The molecular weight excluding hydrogens is 366 g/mol. The van der Waals surface area contributed by atoms with Gasteiger partial charge in [0.15, 0.2) is 0 Å². The van der Waals surface area contributed by atoms with Crippen LogP contribution in [0.4, 0.5) is 0 Å². The number of aromatic amines is 2. The lowest BCUT2D eigenvalue weighted by atomic mass is 10.1. The summed E-state index contributed by atoms with van der Waals surface area (Å²) in [5.74, 6) is -0.428. The predicted octanol–water partition coefficient (Wildman–Crippen LogP) is 2.31. The van der Waals surface area contributed by atoms with Crippen LogP contribution in [-0.4, -0.2) is 48.9 Å². The first-order chi connectivity index (χ1) is 12.9. The maximum Gasteiger partial charge on any atom is 0.326 e. The van der Waals surface area contributed by atoms with E-state index in [4.69, 9.17) is 0 Å². The van der Waals surface area contributed by atoms with Crippen LogP contribution in [0.5, 0.6) is 0 Å². The van der Waals surface area contributed by atoms with Gasteiger partial charge in [0.25, 0.3) is 0 Å². The number of fused-ring (bicyclic) bond motifs is 1. The lowest BCUT2D eigenvalue weighted by Crippen LogP contribution is -2.43. The zero-order chi connectivity index (χ0) is 19.4. The number of H-pyrrole nitrogens is 2. The minimum absolute atomic E-state index is 0.0487. The van der Waals surface area contributed by atoms with E-state index in [9.17, 15) is 14.7 Å². The molecule has 142 valence electrons. The number of nitrogens with one attached hydrogen (secondary N) is 3. The first-order valence-electron chi connectivity index (χ1n) is 8.56. The molecule has 1 atom stereocenters. The first kappa shape index (κ1) is 19.0. The second-order valence-electron chi connectivity index (χ2n) is 6.47. The third kappa shape index (κ3) is 4.68. The van der Waals surface area contributed by atoms with E-state index in [0.717, 1.165) is 22.3 Å². The van der Waals surface area contributed by atoms with E-state index in [0.29, 0.717) is 5.16 Å². The van der Waals surface area contributed by atoms with Gasteiger partial charge in [-0.05, 0) is 11.6 Å². The quantitative estimate of drug-likeness (QED) is 0.440. The minimum atomic E-state index is -1.07. The highest BCUT2D eigenvalue weighted by molar-refractivity contribution is 7.99. The predicted molar refractivity (Wildman–Crippen MR) is 103 cm³/mol. The maximum atomic E-state index is 12.2. The van der Waals surface area contributed by atoms with Crippen molar-refractivity contribution in [1.29, 1.82) is 0 Å². The highest BCUT2D eigenvalue weighted by Crippen LogP contribution is 2.19. The Labute approximate surface area is 160 Å². The molecule has 0 saturated heterocycles. The van der Waals surface area contributed by atoms with E-state index in [1.165, 1.54) is 11.8 Å². The molecule has 0 bridgehead atoms. The molecule has 2 aromatic heterocycles. The van der Waals surface area contributed by atoms with Crippen LogP contribution >= 0.6 is 11.8 Å². The number of aromatic nitrogens is 4. The average molecular weight is 387 g/mol. The molecular formula is C18H21N5O3S. The smallest absolute Gasteiger partial charge is 0.326 e. The van der Waals surface area contributed by atoms with Gasteiger partial charge in [0.05, 0.1) is 5.75 Å². The number of hydrogen-bond acceptors (Lipinski definition) is 5. The molecule has 8 nitrogen and oxygen atoms in total. The van der Waals surface area contributed by atoms with Crippen LogP contribution in [0.15, 0.2) is 35.6 Å². The lowest BCUT2D eigenvalue weighted by Gasteiger charge is -2.13. The van der Waals surface area contributed by atoms with Gasteiger partial charge in [0.2, 0.25) is 11.1 Å². The van der Waals surface area contributed by atoms with Gasteiger partial charge in [-0.2, -0.15) is 0 Å². The molecule has 0 spiro atoms. The molecule has 0 radical (unpaired) electrons. The van der Waals surface area contributed by atoms with Crippen LogP contribution in [-0.2, 0) is 16.0 Å². The standard InChI is InChI=1S/C18H21N5O3S/c1-10(2)16-21-18(23-22-16)27-9-15(24)20-14(17(25)26)7-11-8-19-13-6-4-3-5-12(11)13/h3-6,8,10,14,19H,7,9H2,1-2H3,(H,20,24)(H,25,26)(H,21,22,23). The number of carboxylic acid groups (broad SMARTS) is 1. The molecule has 3 rings (SSSR count). The molecule has 2 heterocycles. The van der Waals surface area contributed by atoms with Crippen molar-refractivity contribution in [3.8, 4) is 0 Å². The Morgan fingerprint density at radius 1 is 1.30 bits per heavy atom. The van der Waals surface area contributed by atoms with Gasteiger partial charge in [-0.3, -0.25) is 9.89 Å². The van der Waals surface area contributed by atoms with Gasteiger partial charge >= 0.3 is 5.97 Å². The fourth-order valence-corrected chi connectivity index (χ4v) is 3.28. The number of rotatable bonds is 8. The second kappa shape index (κ2) is 8.26. The molecule has 9 heteroatoms. The summed E-state index contributed by atoms with van der Waals surface area (Å²) >= 11 is 1.17. The highest BCUT2D eigenvalue weighted by Gasteiger charge is 2.22. The van der Waals surface area contributed by atoms with Crippen LogP contribution in [0.1, 0.15) is 31.2 Å². The first-order valence-corrected chi connectivity index (χ1v) is 9.55. The van der Waals surface area contributed by atoms with Gasteiger partial charge in [-0.25, -0.2) is 9.78 Å². The zero-order valence-electron chi connectivity index (χ0n) is 15.0. The van der Waals surface area contributed by atoms with Crippen molar-refractivity contribution in [3.63, 3.8) is 0 Å². The van der Waals surface area contributed by atoms with Crippen LogP contribution in [0.3, 0.4) is 0 Å². The Morgan fingerprint density at radius 2 is 2.07 bits per heavy atom. The monoisotopic (exact) mass is 387 g/mol. The summed E-state index contributed by atoms with van der Waals surface area (Å²) in [5, 5.41) is 20.4. The Hall–Kier alpha value is -2.81. The van der Waals surface area contributed by atoms with E-state index in [-0.39, 0.29) is 24.0 Å². The van der Waals surface area contributed by atoms with E-state index < -0.39 is 12.0 Å². The molecule has 1 unspecified atom stereocenters. The fraction of sp³-hybridized carbons (Fsp3) is 0.333. The Balaban J connectivity index is 1.60. The van der Waals surface area contributed by atoms with Crippen molar-refractivity contribution in [1.82, 2.24) is 25.5 Å². The SMILES string of the molecule is CC(C)c1nc(SCC(=O)NC(Cc2c[nH]c3ccccc23)C(=O)O)n[nH]1. The van der Waals surface area contributed by atoms with E-state index in [1.807, 2.05) is 38.1 Å². The summed E-state index contributed by atoms with van der Waals surface area (Å²) in [7, 11) is 0. The molecule has 0 aliphatic heterocycles. The molecule has 1 aromatic carbocycles. The number of nitrogens with zero attached hydrogens (tertiary/aromatic N) is 2. The third-order valence-electron chi connectivity index (χ3n) is 4.09. The molecule has 0 aliphatic rings. The van der Waals surface area contributed by atoms with Crippen molar-refractivity contribution in [3.05, 3.63) is 41.9 Å².